The van der Waals surface area contributed by atoms with Crippen LogP contribution in [0.15, 0.2) is 84.0 Å². The number of oxime groups is 1. The van der Waals surface area contributed by atoms with E-state index in [1.807, 2.05) is 36.4 Å². The van der Waals surface area contributed by atoms with Gasteiger partial charge < -0.3 is 4.84 Å². The minimum Gasteiger partial charge on any atom is -0.391 e. The lowest BCUT2D eigenvalue weighted by molar-refractivity contribution is 0.132. The fourth-order valence-electron chi connectivity index (χ4n) is 2.30. The smallest absolute Gasteiger partial charge is 0.142 e. The molecule has 0 aromatic heterocycles. The number of nitrogens with zero attached hydrogens (tertiary/aromatic N) is 1. The van der Waals surface area contributed by atoms with Crippen molar-refractivity contribution in [3.05, 3.63) is 95.8 Å². The molecule has 3 heteroatoms. The van der Waals surface area contributed by atoms with Gasteiger partial charge in [0, 0.05) is 0 Å². The predicted octanol–water partition coefficient (Wildman–Crippen LogP) is 5.04. The zero-order chi connectivity index (χ0) is 15.9. The Kier molecular flexibility index (Phi) is 4.79. The number of hydrogen-bond acceptors (Lipinski definition) is 2. The first-order valence-corrected chi connectivity index (χ1v) is 7.37. The molecule has 0 saturated carbocycles. The fraction of sp³-hybridized carbons (Fsp3) is 0.0500. The van der Waals surface area contributed by atoms with Crippen LogP contribution in [0.2, 0.25) is 0 Å². The third kappa shape index (κ3) is 4.04. The highest BCUT2D eigenvalue weighted by Crippen LogP contribution is 2.23. The van der Waals surface area contributed by atoms with E-state index in [1.54, 1.807) is 18.3 Å². The molecule has 0 bridgehead atoms. The summed E-state index contributed by atoms with van der Waals surface area (Å²) in [7, 11) is 0. The van der Waals surface area contributed by atoms with E-state index in [4.69, 9.17) is 4.84 Å². The first kappa shape index (κ1) is 15.0. The summed E-state index contributed by atoms with van der Waals surface area (Å²) in [6.07, 6.45) is 1.57. The van der Waals surface area contributed by atoms with Gasteiger partial charge >= 0.3 is 0 Å². The van der Waals surface area contributed by atoms with Crippen molar-refractivity contribution in [2.24, 2.45) is 5.16 Å². The summed E-state index contributed by atoms with van der Waals surface area (Å²) in [5.74, 6) is -0.264. The summed E-state index contributed by atoms with van der Waals surface area (Å²) in [5.41, 5.74) is 4.14. The van der Waals surface area contributed by atoms with Crippen LogP contribution in [0.1, 0.15) is 11.1 Å². The van der Waals surface area contributed by atoms with Gasteiger partial charge in [-0.15, -0.1) is 0 Å². The molecule has 0 saturated heterocycles. The van der Waals surface area contributed by atoms with Gasteiger partial charge in [-0.2, -0.15) is 0 Å². The molecular formula is C20H16FNO. The second-order valence-electron chi connectivity index (χ2n) is 5.08. The lowest BCUT2D eigenvalue weighted by Crippen LogP contribution is -1.92. The molecule has 0 fully saturated rings. The Labute approximate surface area is 134 Å². The molecule has 0 radical (unpaired) electrons. The van der Waals surface area contributed by atoms with Gasteiger partial charge in [-0.25, -0.2) is 4.39 Å². The van der Waals surface area contributed by atoms with Crippen molar-refractivity contribution in [1.29, 1.82) is 0 Å². The third-order valence-corrected chi connectivity index (χ3v) is 3.47. The van der Waals surface area contributed by atoms with Crippen LogP contribution in [-0.2, 0) is 11.4 Å². The van der Waals surface area contributed by atoms with Crippen molar-refractivity contribution in [3.8, 4) is 11.1 Å². The van der Waals surface area contributed by atoms with Gasteiger partial charge in [0.25, 0.3) is 0 Å². The molecule has 0 amide bonds. The fourth-order valence-corrected chi connectivity index (χ4v) is 2.30. The molecule has 0 aliphatic heterocycles. The summed E-state index contributed by atoms with van der Waals surface area (Å²) in [4.78, 5) is 5.39. The molecule has 0 N–H and O–H groups in total. The standard InChI is InChI=1S/C20H16FNO/c21-19-12-10-16(11-13-19)14-22-23-15-18-8-4-5-9-20(18)17-6-2-1-3-7-17/h1-14H,15H2. The summed E-state index contributed by atoms with van der Waals surface area (Å²) in [6.45, 7) is 0.378. The molecule has 0 aliphatic rings. The molecule has 0 heterocycles. The Morgan fingerprint density at radius 3 is 2.30 bits per heavy atom. The van der Waals surface area contributed by atoms with E-state index >= 15 is 0 Å². The number of halogens is 1. The quantitative estimate of drug-likeness (QED) is 0.478. The van der Waals surface area contributed by atoms with Crippen molar-refractivity contribution < 1.29 is 9.23 Å². The first-order chi connectivity index (χ1) is 11.3. The first-order valence-electron chi connectivity index (χ1n) is 7.37. The van der Waals surface area contributed by atoms with Crippen LogP contribution >= 0.6 is 0 Å². The molecule has 0 spiro atoms. The lowest BCUT2D eigenvalue weighted by Gasteiger charge is -2.08. The van der Waals surface area contributed by atoms with Crippen LogP contribution in [0.4, 0.5) is 4.39 Å². The predicted molar refractivity (Wildman–Crippen MR) is 90.7 cm³/mol. The van der Waals surface area contributed by atoms with Crippen LogP contribution in [0.25, 0.3) is 11.1 Å². The van der Waals surface area contributed by atoms with Crippen molar-refractivity contribution in [2.75, 3.05) is 0 Å². The van der Waals surface area contributed by atoms with Crippen molar-refractivity contribution in [3.63, 3.8) is 0 Å². The van der Waals surface area contributed by atoms with E-state index in [-0.39, 0.29) is 5.82 Å². The maximum absolute atomic E-state index is 12.8. The molecule has 23 heavy (non-hydrogen) atoms. The van der Waals surface area contributed by atoms with Crippen LogP contribution < -0.4 is 0 Å². The zero-order valence-electron chi connectivity index (χ0n) is 12.5. The Morgan fingerprint density at radius 1 is 0.826 bits per heavy atom. The van der Waals surface area contributed by atoms with Crippen molar-refractivity contribution in [2.45, 2.75) is 6.61 Å². The van der Waals surface area contributed by atoms with Crippen LogP contribution in [-0.4, -0.2) is 6.21 Å². The van der Waals surface area contributed by atoms with Gasteiger partial charge in [0.05, 0.1) is 6.21 Å². The van der Waals surface area contributed by atoms with Gasteiger partial charge in [0.15, 0.2) is 0 Å². The van der Waals surface area contributed by atoms with Crippen molar-refractivity contribution in [1.82, 2.24) is 0 Å². The van der Waals surface area contributed by atoms with Gasteiger partial charge in [-0.3, -0.25) is 0 Å². The van der Waals surface area contributed by atoms with E-state index in [2.05, 4.69) is 23.4 Å². The minimum atomic E-state index is -0.264. The molecular weight excluding hydrogens is 289 g/mol. The second kappa shape index (κ2) is 7.36. The highest BCUT2D eigenvalue weighted by molar-refractivity contribution is 5.78. The van der Waals surface area contributed by atoms with Gasteiger partial charge in [0.2, 0.25) is 0 Å². The summed E-state index contributed by atoms with van der Waals surface area (Å²) in [6, 6.07) is 24.3. The number of rotatable bonds is 5. The van der Waals surface area contributed by atoms with Gasteiger partial charge in [-0.1, -0.05) is 71.9 Å². The summed E-state index contributed by atoms with van der Waals surface area (Å²) in [5, 5.41) is 3.95. The molecule has 3 rings (SSSR count). The molecule has 114 valence electrons. The molecule has 3 aromatic carbocycles. The summed E-state index contributed by atoms with van der Waals surface area (Å²) < 4.78 is 12.8. The largest absolute Gasteiger partial charge is 0.391 e. The normalized spacial score (nSPS) is 10.8. The Morgan fingerprint density at radius 2 is 1.52 bits per heavy atom. The zero-order valence-corrected chi connectivity index (χ0v) is 12.5. The second-order valence-corrected chi connectivity index (χ2v) is 5.08. The number of hydrogen-bond donors (Lipinski definition) is 0. The maximum atomic E-state index is 12.8. The van der Waals surface area contributed by atoms with E-state index in [9.17, 15) is 4.39 Å². The highest BCUT2D eigenvalue weighted by Gasteiger charge is 2.04. The Hall–Kier alpha value is -2.94. The SMILES string of the molecule is Fc1ccc(C=NOCc2ccccc2-c2ccccc2)cc1. The van der Waals surface area contributed by atoms with E-state index in [1.165, 1.54) is 12.1 Å². The van der Waals surface area contributed by atoms with Crippen LogP contribution in [0.5, 0.6) is 0 Å². The van der Waals surface area contributed by atoms with E-state index < -0.39 is 0 Å². The topological polar surface area (TPSA) is 21.6 Å². The highest BCUT2D eigenvalue weighted by atomic mass is 19.1. The molecule has 3 aromatic rings. The Bertz CT molecular complexity index is 782. The molecule has 0 atom stereocenters. The average Bonchev–Trinajstić information content (AvgIpc) is 2.61. The molecule has 0 unspecified atom stereocenters. The van der Waals surface area contributed by atoms with Gasteiger partial charge in [0.1, 0.15) is 12.4 Å². The van der Waals surface area contributed by atoms with Crippen LogP contribution in [0.3, 0.4) is 0 Å². The minimum absolute atomic E-state index is 0.264. The van der Waals surface area contributed by atoms with E-state index in [0.717, 1.165) is 22.3 Å². The molecule has 0 aliphatic carbocycles. The Balaban J connectivity index is 1.68. The van der Waals surface area contributed by atoms with E-state index in [0.29, 0.717) is 6.61 Å². The third-order valence-electron chi connectivity index (χ3n) is 3.47. The lowest BCUT2D eigenvalue weighted by atomic mass is 10.0. The van der Waals surface area contributed by atoms with Gasteiger partial charge in [-0.05, 0) is 34.4 Å². The average molecular weight is 305 g/mol. The number of benzene rings is 3. The maximum Gasteiger partial charge on any atom is 0.142 e. The monoisotopic (exact) mass is 305 g/mol. The van der Waals surface area contributed by atoms with Crippen LogP contribution in [0, 0.1) is 5.82 Å². The molecule has 2 nitrogen and oxygen atoms in total. The van der Waals surface area contributed by atoms with Crippen molar-refractivity contribution >= 4 is 6.21 Å². The summed E-state index contributed by atoms with van der Waals surface area (Å²) >= 11 is 0.